The molecule has 1 N–H and O–H groups in total. The summed E-state index contributed by atoms with van der Waals surface area (Å²) in [4.78, 5) is 26.0. The molecule has 2 unspecified atom stereocenters. The van der Waals surface area contributed by atoms with Crippen LogP contribution in [0, 0.1) is 0 Å². The quantitative estimate of drug-likeness (QED) is 0.788. The van der Waals surface area contributed by atoms with E-state index in [1.807, 2.05) is 11.8 Å². The molecule has 2 fully saturated rings. The fraction of sp³-hybridized carbons (Fsp3) is 0.846. The van der Waals surface area contributed by atoms with Crippen LogP contribution in [0.5, 0.6) is 0 Å². The molecule has 0 aromatic carbocycles. The maximum Gasteiger partial charge on any atom is 0.245 e. The number of carbonyl (C=O) groups is 2. The normalized spacial score (nSPS) is 34.1. The van der Waals surface area contributed by atoms with Gasteiger partial charge in [0.05, 0.1) is 12.1 Å². The average Bonchev–Trinajstić information content (AvgIpc) is 2.50. The van der Waals surface area contributed by atoms with Crippen LogP contribution in [-0.4, -0.2) is 48.1 Å². The van der Waals surface area contributed by atoms with Crippen LogP contribution in [0.15, 0.2) is 0 Å². The lowest BCUT2D eigenvalue weighted by atomic mass is 9.91. The van der Waals surface area contributed by atoms with Crippen LogP contribution in [0.3, 0.4) is 0 Å². The molecule has 2 saturated heterocycles. The lowest BCUT2D eigenvalue weighted by Crippen LogP contribution is -2.57. The van der Waals surface area contributed by atoms with Crippen LogP contribution in [-0.2, 0) is 14.3 Å². The Morgan fingerprint density at radius 3 is 2.89 bits per heavy atom. The zero-order chi connectivity index (χ0) is 13.2. The van der Waals surface area contributed by atoms with Crippen molar-refractivity contribution in [3.05, 3.63) is 0 Å². The third-order valence-electron chi connectivity index (χ3n) is 3.94. The van der Waals surface area contributed by atoms with Crippen molar-refractivity contribution >= 4 is 11.8 Å². The van der Waals surface area contributed by atoms with Gasteiger partial charge in [0.1, 0.15) is 6.04 Å². The second kappa shape index (κ2) is 5.26. The molecule has 0 bridgehead atoms. The summed E-state index contributed by atoms with van der Waals surface area (Å²) < 4.78 is 5.52. The van der Waals surface area contributed by atoms with E-state index in [0.717, 1.165) is 19.4 Å². The van der Waals surface area contributed by atoms with E-state index in [1.54, 1.807) is 0 Å². The predicted molar refractivity (Wildman–Crippen MR) is 67.0 cm³/mol. The molecule has 2 rings (SSSR count). The van der Waals surface area contributed by atoms with Crippen molar-refractivity contribution in [3.63, 3.8) is 0 Å². The zero-order valence-electron chi connectivity index (χ0n) is 11.2. The largest absolute Gasteiger partial charge is 0.379 e. The van der Waals surface area contributed by atoms with Crippen molar-refractivity contribution in [2.75, 3.05) is 19.8 Å². The van der Waals surface area contributed by atoms with Gasteiger partial charge in [-0.05, 0) is 26.2 Å². The molecule has 102 valence electrons. The van der Waals surface area contributed by atoms with Crippen LogP contribution in [0.2, 0.25) is 0 Å². The maximum absolute atomic E-state index is 12.5. The Labute approximate surface area is 108 Å². The van der Waals surface area contributed by atoms with Crippen LogP contribution >= 0.6 is 0 Å². The monoisotopic (exact) mass is 254 g/mol. The highest BCUT2D eigenvalue weighted by molar-refractivity contribution is 5.90. The molecule has 5 heteroatoms. The summed E-state index contributed by atoms with van der Waals surface area (Å²) in [7, 11) is 0. The molecule has 0 aromatic heterocycles. The molecule has 0 aromatic rings. The van der Waals surface area contributed by atoms with E-state index in [2.05, 4.69) is 12.2 Å². The second-order valence-corrected chi connectivity index (χ2v) is 5.42. The first kappa shape index (κ1) is 13.3. The molecule has 5 nitrogen and oxygen atoms in total. The van der Waals surface area contributed by atoms with Crippen LogP contribution in [0.25, 0.3) is 0 Å². The predicted octanol–water partition coefficient (Wildman–Crippen LogP) is 0.683. The van der Waals surface area contributed by atoms with Crippen molar-refractivity contribution in [1.29, 1.82) is 0 Å². The fourth-order valence-electron chi connectivity index (χ4n) is 2.78. The van der Waals surface area contributed by atoms with Gasteiger partial charge in [-0.2, -0.15) is 0 Å². The molecular weight excluding hydrogens is 232 g/mol. The number of hydrogen-bond donors (Lipinski definition) is 1. The first-order valence-electron chi connectivity index (χ1n) is 6.75. The number of amides is 2. The van der Waals surface area contributed by atoms with Gasteiger partial charge in [0, 0.05) is 19.6 Å². The van der Waals surface area contributed by atoms with Gasteiger partial charge in [0.25, 0.3) is 0 Å². The summed E-state index contributed by atoms with van der Waals surface area (Å²) in [6, 6.07) is -0.376. The van der Waals surface area contributed by atoms with Crippen LogP contribution in [0.4, 0.5) is 0 Å². The van der Waals surface area contributed by atoms with E-state index in [9.17, 15) is 9.59 Å². The Hall–Kier alpha value is -1.10. The summed E-state index contributed by atoms with van der Waals surface area (Å²) in [5, 5.41) is 2.79. The van der Waals surface area contributed by atoms with Gasteiger partial charge in [-0.1, -0.05) is 6.92 Å². The van der Waals surface area contributed by atoms with E-state index in [0.29, 0.717) is 26.0 Å². The Kier molecular flexibility index (Phi) is 3.90. The first-order valence-corrected chi connectivity index (χ1v) is 6.75. The standard InChI is InChI=1S/C13H22N2O3/c1-3-10-12(17)15(7-5-11(16)14-10)13(2)6-4-8-18-9-13/h10H,3-9H2,1-2H3,(H,14,16). The summed E-state index contributed by atoms with van der Waals surface area (Å²) in [6.07, 6.45) is 2.94. The molecule has 2 heterocycles. The van der Waals surface area contributed by atoms with E-state index < -0.39 is 0 Å². The van der Waals surface area contributed by atoms with Gasteiger partial charge in [-0.3, -0.25) is 9.59 Å². The minimum absolute atomic E-state index is 0.0296. The molecule has 2 amide bonds. The van der Waals surface area contributed by atoms with Crippen molar-refractivity contribution in [2.24, 2.45) is 0 Å². The molecule has 18 heavy (non-hydrogen) atoms. The highest BCUT2D eigenvalue weighted by Crippen LogP contribution is 2.28. The van der Waals surface area contributed by atoms with E-state index in [4.69, 9.17) is 4.74 Å². The number of rotatable bonds is 2. The number of nitrogens with one attached hydrogen (secondary N) is 1. The van der Waals surface area contributed by atoms with Gasteiger partial charge in [0.2, 0.25) is 11.8 Å². The minimum Gasteiger partial charge on any atom is -0.379 e. The smallest absolute Gasteiger partial charge is 0.245 e. The fourth-order valence-corrected chi connectivity index (χ4v) is 2.78. The molecule has 0 aliphatic carbocycles. The van der Waals surface area contributed by atoms with Crippen LogP contribution < -0.4 is 5.32 Å². The van der Waals surface area contributed by atoms with Crippen molar-refractivity contribution in [2.45, 2.75) is 51.1 Å². The number of nitrogens with zero attached hydrogens (tertiary/aromatic N) is 1. The Morgan fingerprint density at radius 2 is 2.28 bits per heavy atom. The second-order valence-electron chi connectivity index (χ2n) is 5.42. The summed E-state index contributed by atoms with van der Waals surface area (Å²) in [5.41, 5.74) is -0.255. The molecule has 0 spiro atoms. The molecule has 2 aliphatic rings. The lowest BCUT2D eigenvalue weighted by molar-refractivity contribution is -0.144. The van der Waals surface area contributed by atoms with Gasteiger partial charge >= 0.3 is 0 Å². The average molecular weight is 254 g/mol. The first-order chi connectivity index (χ1) is 8.57. The Morgan fingerprint density at radius 1 is 1.50 bits per heavy atom. The van der Waals surface area contributed by atoms with Crippen molar-refractivity contribution < 1.29 is 14.3 Å². The molecule has 2 aliphatic heterocycles. The third kappa shape index (κ3) is 2.51. The SMILES string of the molecule is CCC1NC(=O)CCN(C2(C)CCCOC2)C1=O. The number of hydrogen-bond acceptors (Lipinski definition) is 3. The highest BCUT2D eigenvalue weighted by Gasteiger charge is 2.41. The highest BCUT2D eigenvalue weighted by atomic mass is 16.5. The summed E-state index contributed by atoms with van der Waals surface area (Å²) >= 11 is 0. The van der Waals surface area contributed by atoms with E-state index in [-0.39, 0.29) is 23.4 Å². The Balaban J connectivity index is 2.19. The number of carbonyl (C=O) groups excluding carboxylic acids is 2. The topological polar surface area (TPSA) is 58.6 Å². The minimum atomic E-state index is -0.376. The Bertz CT molecular complexity index is 337. The van der Waals surface area contributed by atoms with Gasteiger partial charge < -0.3 is 15.0 Å². The maximum atomic E-state index is 12.5. The van der Waals surface area contributed by atoms with E-state index in [1.165, 1.54) is 0 Å². The number of ether oxygens (including phenoxy) is 1. The van der Waals surface area contributed by atoms with Crippen molar-refractivity contribution in [3.8, 4) is 0 Å². The van der Waals surface area contributed by atoms with Gasteiger partial charge in [-0.15, -0.1) is 0 Å². The zero-order valence-corrected chi connectivity index (χ0v) is 11.2. The molecule has 0 saturated carbocycles. The van der Waals surface area contributed by atoms with E-state index >= 15 is 0 Å². The van der Waals surface area contributed by atoms with Crippen LogP contribution in [0.1, 0.15) is 39.5 Å². The van der Waals surface area contributed by atoms with Gasteiger partial charge in [-0.25, -0.2) is 0 Å². The lowest BCUT2D eigenvalue weighted by Gasteiger charge is -2.43. The molecular formula is C13H22N2O3. The third-order valence-corrected chi connectivity index (χ3v) is 3.94. The van der Waals surface area contributed by atoms with Crippen molar-refractivity contribution in [1.82, 2.24) is 10.2 Å². The summed E-state index contributed by atoms with van der Waals surface area (Å²) in [5.74, 6) is 0.00868. The van der Waals surface area contributed by atoms with Gasteiger partial charge in [0.15, 0.2) is 0 Å². The molecule has 2 atom stereocenters. The summed E-state index contributed by atoms with van der Waals surface area (Å²) in [6.45, 7) is 5.83. The molecule has 0 radical (unpaired) electrons.